The maximum atomic E-state index is 12.8. The number of carbonyl (C=O) groups excluding carboxylic acids is 2. The molecule has 0 unspecified atom stereocenters. The standard InChI is InChI=1S/C18H16BrN3O5/c19-14-6-5-12(11-16(14)22(25)26)17(23)20-15-4-2-1-3-13(15)18(24)21-7-9-27-10-8-21/h1-6,11H,7-10H2,(H,20,23). The van der Waals surface area contributed by atoms with E-state index in [4.69, 9.17) is 4.74 Å². The van der Waals surface area contributed by atoms with Crippen LogP contribution in [0.4, 0.5) is 11.4 Å². The van der Waals surface area contributed by atoms with E-state index in [9.17, 15) is 19.7 Å². The maximum absolute atomic E-state index is 12.8. The molecule has 1 N–H and O–H groups in total. The normalized spacial score (nSPS) is 13.9. The molecule has 2 aromatic carbocycles. The van der Waals surface area contributed by atoms with Crippen LogP contribution in [0.3, 0.4) is 0 Å². The Bertz CT molecular complexity index is 896. The largest absolute Gasteiger partial charge is 0.378 e. The number of morpholine rings is 1. The fourth-order valence-corrected chi connectivity index (χ4v) is 3.10. The van der Waals surface area contributed by atoms with Crippen LogP contribution in [0.5, 0.6) is 0 Å². The fraction of sp³-hybridized carbons (Fsp3) is 0.222. The highest BCUT2D eigenvalue weighted by atomic mass is 79.9. The summed E-state index contributed by atoms with van der Waals surface area (Å²) in [6.45, 7) is 1.92. The number of benzene rings is 2. The summed E-state index contributed by atoms with van der Waals surface area (Å²) in [6.07, 6.45) is 0. The number of anilines is 1. The minimum absolute atomic E-state index is 0.124. The van der Waals surface area contributed by atoms with E-state index in [0.29, 0.717) is 37.6 Å². The second kappa shape index (κ2) is 8.28. The fourth-order valence-electron chi connectivity index (χ4n) is 2.70. The van der Waals surface area contributed by atoms with Gasteiger partial charge in [-0.15, -0.1) is 0 Å². The van der Waals surface area contributed by atoms with Crippen molar-refractivity contribution in [2.45, 2.75) is 0 Å². The Hall–Kier alpha value is -2.78. The van der Waals surface area contributed by atoms with Crippen molar-refractivity contribution >= 4 is 39.1 Å². The van der Waals surface area contributed by atoms with Crippen LogP contribution in [-0.4, -0.2) is 47.9 Å². The summed E-state index contributed by atoms with van der Waals surface area (Å²) in [5.74, 6) is -0.733. The van der Waals surface area contributed by atoms with E-state index in [1.165, 1.54) is 18.2 Å². The average molecular weight is 434 g/mol. The van der Waals surface area contributed by atoms with Gasteiger partial charge >= 0.3 is 0 Å². The molecule has 1 heterocycles. The first-order valence-electron chi connectivity index (χ1n) is 8.18. The second-order valence-corrected chi connectivity index (χ2v) is 6.68. The van der Waals surface area contributed by atoms with Gasteiger partial charge in [0, 0.05) is 24.7 Å². The van der Waals surface area contributed by atoms with Crippen LogP contribution in [0, 0.1) is 10.1 Å². The van der Waals surface area contributed by atoms with E-state index in [1.54, 1.807) is 29.2 Å². The third kappa shape index (κ3) is 4.32. The lowest BCUT2D eigenvalue weighted by atomic mass is 10.1. The average Bonchev–Trinajstić information content (AvgIpc) is 2.68. The molecule has 3 rings (SSSR count). The van der Waals surface area contributed by atoms with Crippen molar-refractivity contribution in [1.29, 1.82) is 0 Å². The Balaban J connectivity index is 1.84. The van der Waals surface area contributed by atoms with Crippen LogP contribution in [0.1, 0.15) is 20.7 Å². The predicted octanol–water partition coefficient (Wildman–Crippen LogP) is 3.08. The number of rotatable bonds is 4. The SMILES string of the molecule is O=C(Nc1ccccc1C(=O)N1CCOCC1)c1ccc(Br)c([N+](=O)[O-])c1. The van der Waals surface area contributed by atoms with Gasteiger partial charge in [0.05, 0.1) is 33.9 Å². The van der Waals surface area contributed by atoms with Gasteiger partial charge in [0.25, 0.3) is 17.5 Å². The van der Waals surface area contributed by atoms with E-state index in [-0.39, 0.29) is 21.6 Å². The topological polar surface area (TPSA) is 102 Å². The van der Waals surface area contributed by atoms with Gasteiger partial charge < -0.3 is 15.0 Å². The zero-order valence-electron chi connectivity index (χ0n) is 14.2. The van der Waals surface area contributed by atoms with Gasteiger partial charge in [-0.25, -0.2) is 0 Å². The Labute approximate surface area is 163 Å². The van der Waals surface area contributed by atoms with Crippen LogP contribution in [-0.2, 0) is 4.74 Å². The molecule has 1 aliphatic rings. The first kappa shape index (κ1) is 19.0. The van der Waals surface area contributed by atoms with Crippen LogP contribution in [0.25, 0.3) is 0 Å². The molecule has 2 aromatic rings. The van der Waals surface area contributed by atoms with Gasteiger partial charge in [-0.1, -0.05) is 12.1 Å². The smallest absolute Gasteiger partial charge is 0.284 e. The molecule has 9 heteroatoms. The summed E-state index contributed by atoms with van der Waals surface area (Å²) >= 11 is 3.09. The lowest BCUT2D eigenvalue weighted by Crippen LogP contribution is -2.41. The predicted molar refractivity (Wildman–Crippen MR) is 102 cm³/mol. The molecule has 2 amide bonds. The molecule has 140 valence electrons. The number of nitro benzene ring substituents is 1. The third-order valence-corrected chi connectivity index (χ3v) is 4.78. The van der Waals surface area contributed by atoms with Crippen molar-refractivity contribution in [1.82, 2.24) is 4.90 Å². The van der Waals surface area contributed by atoms with E-state index in [0.717, 1.165) is 0 Å². The zero-order valence-corrected chi connectivity index (χ0v) is 15.8. The van der Waals surface area contributed by atoms with Gasteiger partial charge in [-0.05, 0) is 40.2 Å². The first-order valence-corrected chi connectivity index (χ1v) is 8.98. The number of hydrogen-bond acceptors (Lipinski definition) is 5. The molecule has 0 saturated carbocycles. The number of para-hydroxylation sites is 1. The number of nitro groups is 1. The van der Waals surface area contributed by atoms with Crippen molar-refractivity contribution < 1.29 is 19.2 Å². The molecule has 1 saturated heterocycles. The summed E-state index contributed by atoms with van der Waals surface area (Å²) in [7, 11) is 0. The molecular weight excluding hydrogens is 418 g/mol. The number of nitrogens with one attached hydrogen (secondary N) is 1. The summed E-state index contributed by atoms with van der Waals surface area (Å²) in [4.78, 5) is 37.5. The van der Waals surface area contributed by atoms with Crippen LogP contribution in [0.15, 0.2) is 46.9 Å². The monoisotopic (exact) mass is 433 g/mol. The molecule has 8 nitrogen and oxygen atoms in total. The lowest BCUT2D eigenvalue weighted by Gasteiger charge is -2.27. The summed E-state index contributed by atoms with van der Waals surface area (Å²) in [5, 5.41) is 13.7. The van der Waals surface area contributed by atoms with Crippen LogP contribution in [0.2, 0.25) is 0 Å². The van der Waals surface area contributed by atoms with Gasteiger partial charge in [-0.3, -0.25) is 19.7 Å². The molecular formula is C18H16BrN3O5. The van der Waals surface area contributed by atoms with E-state index in [1.807, 2.05) is 0 Å². The van der Waals surface area contributed by atoms with Crippen molar-refractivity contribution in [3.05, 3.63) is 68.2 Å². The van der Waals surface area contributed by atoms with Crippen molar-refractivity contribution in [3.63, 3.8) is 0 Å². The molecule has 0 spiro atoms. The third-order valence-electron chi connectivity index (χ3n) is 4.11. The minimum atomic E-state index is -0.573. The van der Waals surface area contributed by atoms with Gasteiger partial charge in [0.2, 0.25) is 0 Å². The molecule has 27 heavy (non-hydrogen) atoms. The number of amides is 2. The number of nitrogens with zero attached hydrogens (tertiary/aromatic N) is 2. The van der Waals surface area contributed by atoms with Crippen molar-refractivity contribution in [2.24, 2.45) is 0 Å². The Morgan fingerprint density at radius 2 is 1.85 bits per heavy atom. The quantitative estimate of drug-likeness (QED) is 0.589. The van der Waals surface area contributed by atoms with E-state index < -0.39 is 10.8 Å². The summed E-state index contributed by atoms with van der Waals surface area (Å²) < 4.78 is 5.54. The number of hydrogen-bond donors (Lipinski definition) is 1. The van der Waals surface area contributed by atoms with Crippen molar-refractivity contribution in [2.75, 3.05) is 31.6 Å². The molecule has 0 atom stereocenters. The Morgan fingerprint density at radius 1 is 1.15 bits per heavy atom. The van der Waals surface area contributed by atoms with Crippen molar-refractivity contribution in [3.8, 4) is 0 Å². The zero-order chi connectivity index (χ0) is 19.4. The molecule has 0 radical (unpaired) electrons. The molecule has 0 bridgehead atoms. The van der Waals surface area contributed by atoms with Gasteiger partial charge in [0.15, 0.2) is 0 Å². The Morgan fingerprint density at radius 3 is 2.56 bits per heavy atom. The lowest BCUT2D eigenvalue weighted by molar-refractivity contribution is -0.385. The van der Waals surface area contributed by atoms with E-state index in [2.05, 4.69) is 21.2 Å². The second-order valence-electron chi connectivity index (χ2n) is 5.83. The number of ether oxygens (including phenoxy) is 1. The summed E-state index contributed by atoms with van der Waals surface area (Å²) in [5.41, 5.74) is 0.628. The van der Waals surface area contributed by atoms with Gasteiger partial charge in [0.1, 0.15) is 0 Å². The number of halogens is 1. The maximum Gasteiger partial charge on any atom is 0.284 e. The van der Waals surface area contributed by atoms with Crippen LogP contribution < -0.4 is 5.32 Å². The first-order chi connectivity index (χ1) is 13.0. The highest BCUT2D eigenvalue weighted by Gasteiger charge is 2.22. The molecule has 1 aliphatic heterocycles. The number of carbonyl (C=O) groups is 2. The highest BCUT2D eigenvalue weighted by Crippen LogP contribution is 2.26. The molecule has 0 aromatic heterocycles. The van der Waals surface area contributed by atoms with E-state index >= 15 is 0 Å². The minimum Gasteiger partial charge on any atom is -0.378 e. The van der Waals surface area contributed by atoms with Gasteiger partial charge in [-0.2, -0.15) is 0 Å². The van der Waals surface area contributed by atoms with Crippen LogP contribution >= 0.6 is 15.9 Å². The highest BCUT2D eigenvalue weighted by molar-refractivity contribution is 9.10. The summed E-state index contributed by atoms with van der Waals surface area (Å²) in [6, 6.07) is 10.8. The Kier molecular flexibility index (Phi) is 5.82. The molecule has 1 fully saturated rings. The molecule has 0 aliphatic carbocycles.